The predicted octanol–water partition coefficient (Wildman–Crippen LogP) is 7.02. The molecule has 1 amide bonds. The Morgan fingerprint density at radius 1 is 0.767 bits per heavy atom. The van der Waals surface area contributed by atoms with Crippen molar-refractivity contribution < 1.29 is 19.1 Å². The maximum atomic E-state index is 12.2. The van der Waals surface area contributed by atoms with Gasteiger partial charge in [-0.1, -0.05) is 103 Å². The number of hydrogen-bond acceptors (Lipinski definition) is 4. The highest BCUT2D eigenvalue weighted by Crippen LogP contribution is 2.19. The monoisotopic (exact) mass is 425 g/mol. The highest BCUT2D eigenvalue weighted by molar-refractivity contribution is 5.82. The van der Waals surface area contributed by atoms with Gasteiger partial charge in [-0.3, -0.25) is 4.90 Å². The Labute approximate surface area is 185 Å². The normalized spacial score (nSPS) is 16.1. The Hall–Kier alpha value is -1.26. The van der Waals surface area contributed by atoms with Crippen molar-refractivity contribution in [2.75, 3.05) is 20.3 Å². The summed E-state index contributed by atoms with van der Waals surface area (Å²) >= 11 is 0. The van der Waals surface area contributed by atoms with Gasteiger partial charge in [0.15, 0.2) is 0 Å². The predicted molar refractivity (Wildman–Crippen MR) is 123 cm³/mol. The van der Waals surface area contributed by atoms with Gasteiger partial charge in [-0.15, -0.1) is 0 Å². The van der Waals surface area contributed by atoms with E-state index in [4.69, 9.17) is 9.47 Å². The largest absolute Gasteiger partial charge is 0.464 e. The first-order valence-corrected chi connectivity index (χ1v) is 12.7. The molecular weight excluding hydrogens is 378 g/mol. The Balaban J connectivity index is 1.83. The molecule has 0 aromatic rings. The Morgan fingerprint density at radius 3 is 1.70 bits per heavy atom. The molecule has 176 valence electrons. The number of carbonyl (C=O) groups excluding carboxylic acids is 2. The van der Waals surface area contributed by atoms with Crippen LogP contribution in [0.4, 0.5) is 4.79 Å². The van der Waals surface area contributed by atoms with Crippen LogP contribution < -0.4 is 0 Å². The van der Waals surface area contributed by atoms with Gasteiger partial charge in [-0.2, -0.15) is 0 Å². The number of carbonyl (C=O) groups is 2. The topological polar surface area (TPSA) is 55.8 Å². The van der Waals surface area contributed by atoms with Gasteiger partial charge in [0.1, 0.15) is 6.04 Å². The molecule has 1 heterocycles. The number of nitrogens with zero attached hydrogens (tertiary/aromatic N) is 1. The zero-order chi connectivity index (χ0) is 21.9. The lowest BCUT2D eigenvalue weighted by atomic mass is 10.0. The van der Waals surface area contributed by atoms with E-state index in [0.717, 1.165) is 19.3 Å². The maximum Gasteiger partial charge on any atom is 0.410 e. The van der Waals surface area contributed by atoms with Crippen molar-refractivity contribution in [2.45, 2.75) is 129 Å². The van der Waals surface area contributed by atoms with Crippen LogP contribution in [-0.2, 0) is 14.3 Å². The summed E-state index contributed by atoms with van der Waals surface area (Å²) in [6.07, 6.45) is 22.3. The van der Waals surface area contributed by atoms with Gasteiger partial charge in [-0.05, 0) is 19.3 Å². The molecule has 1 unspecified atom stereocenters. The molecule has 0 spiro atoms. The zero-order valence-electron chi connectivity index (χ0n) is 19.8. The van der Waals surface area contributed by atoms with Gasteiger partial charge in [0, 0.05) is 6.54 Å². The lowest BCUT2D eigenvalue weighted by Crippen LogP contribution is -2.41. The minimum atomic E-state index is -0.460. The second-order valence-corrected chi connectivity index (χ2v) is 8.79. The van der Waals surface area contributed by atoms with E-state index in [2.05, 4.69) is 6.92 Å². The summed E-state index contributed by atoms with van der Waals surface area (Å²) in [5, 5.41) is 0. The number of unbranched alkanes of at least 4 members (excludes halogenated alkanes) is 15. The molecule has 1 saturated heterocycles. The third-order valence-electron chi connectivity index (χ3n) is 6.18. The van der Waals surface area contributed by atoms with Crippen molar-refractivity contribution in [1.29, 1.82) is 0 Å². The standard InChI is InChI=1S/C25H47NO4/c1-3-4-5-6-7-8-9-10-11-12-13-14-15-16-17-18-22-30-24(27)23-20-19-21-26(23)25(28)29-2/h23H,3-22H2,1-2H3. The average molecular weight is 426 g/mol. The fraction of sp³-hybridized carbons (Fsp3) is 0.920. The Kier molecular flexibility index (Phi) is 16.5. The van der Waals surface area contributed by atoms with Crippen molar-refractivity contribution in [1.82, 2.24) is 4.90 Å². The highest BCUT2D eigenvalue weighted by atomic mass is 16.6. The molecule has 0 radical (unpaired) electrons. The third kappa shape index (κ3) is 12.4. The van der Waals surface area contributed by atoms with Crippen molar-refractivity contribution in [2.24, 2.45) is 0 Å². The van der Waals surface area contributed by atoms with E-state index in [-0.39, 0.29) is 5.97 Å². The van der Waals surface area contributed by atoms with Crippen molar-refractivity contribution >= 4 is 12.1 Å². The number of rotatable bonds is 18. The molecule has 1 fully saturated rings. The van der Waals surface area contributed by atoms with Crippen LogP contribution >= 0.6 is 0 Å². The molecule has 0 N–H and O–H groups in total. The summed E-state index contributed by atoms with van der Waals surface area (Å²) in [6.45, 7) is 3.31. The fourth-order valence-electron chi connectivity index (χ4n) is 4.27. The first-order chi connectivity index (χ1) is 14.7. The van der Waals surface area contributed by atoms with E-state index < -0.39 is 12.1 Å². The van der Waals surface area contributed by atoms with E-state index >= 15 is 0 Å². The summed E-state index contributed by atoms with van der Waals surface area (Å²) in [7, 11) is 1.35. The smallest absolute Gasteiger partial charge is 0.410 e. The van der Waals surface area contributed by atoms with Crippen LogP contribution in [0.5, 0.6) is 0 Å². The van der Waals surface area contributed by atoms with Crippen LogP contribution in [0.3, 0.4) is 0 Å². The second-order valence-electron chi connectivity index (χ2n) is 8.79. The van der Waals surface area contributed by atoms with Crippen LogP contribution in [0.2, 0.25) is 0 Å². The molecule has 30 heavy (non-hydrogen) atoms. The minimum Gasteiger partial charge on any atom is -0.464 e. The van der Waals surface area contributed by atoms with Crippen LogP contribution in [0.15, 0.2) is 0 Å². The Bertz CT molecular complexity index is 441. The lowest BCUT2D eigenvalue weighted by Gasteiger charge is -2.21. The van der Waals surface area contributed by atoms with E-state index in [1.54, 1.807) is 0 Å². The molecule has 5 nitrogen and oxygen atoms in total. The molecule has 0 aromatic carbocycles. The molecule has 1 aliphatic heterocycles. The summed E-state index contributed by atoms with van der Waals surface area (Å²) < 4.78 is 10.1. The highest BCUT2D eigenvalue weighted by Gasteiger charge is 2.35. The number of likely N-dealkylation sites (tertiary alicyclic amines) is 1. The SMILES string of the molecule is CCCCCCCCCCCCCCCCCCOC(=O)C1CCCN1C(=O)OC. The van der Waals surface area contributed by atoms with Crippen molar-refractivity contribution in [3.8, 4) is 0 Å². The maximum absolute atomic E-state index is 12.2. The van der Waals surface area contributed by atoms with Crippen LogP contribution in [0.1, 0.15) is 122 Å². The summed E-state index contributed by atoms with van der Waals surface area (Å²) in [5.41, 5.74) is 0. The molecule has 0 bridgehead atoms. The number of esters is 1. The quantitative estimate of drug-likeness (QED) is 0.175. The third-order valence-corrected chi connectivity index (χ3v) is 6.18. The van der Waals surface area contributed by atoms with E-state index in [1.807, 2.05) is 0 Å². The van der Waals surface area contributed by atoms with Gasteiger partial charge in [0.2, 0.25) is 0 Å². The first kappa shape index (κ1) is 26.8. The number of ether oxygens (including phenoxy) is 2. The minimum absolute atomic E-state index is 0.279. The van der Waals surface area contributed by atoms with Gasteiger partial charge in [0.05, 0.1) is 13.7 Å². The summed E-state index contributed by atoms with van der Waals surface area (Å²) in [4.78, 5) is 25.3. The zero-order valence-corrected chi connectivity index (χ0v) is 19.8. The van der Waals surface area contributed by atoms with Crippen molar-refractivity contribution in [3.63, 3.8) is 0 Å². The average Bonchev–Trinajstić information content (AvgIpc) is 3.25. The molecule has 1 aliphatic rings. The van der Waals surface area contributed by atoms with Gasteiger partial charge >= 0.3 is 12.1 Å². The van der Waals surface area contributed by atoms with Crippen LogP contribution in [0.25, 0.3) is 0 Å². The van der Waals surface area contributed by atoms with E-state index in [9.17, 15) is 9.59 Å². The molecule has 5 heteroatoms. The van der Waals surface area contributed by atoms with E-state index in [1.165, 1.54) is 102 Å². The number of methoxy groups -OCH3 is 1. The van der Waals surface area contributed by atoms with Gasteiger partial charge in [-0.25, -0.2) is 9.59 Å². The molecule has 1 atom stereocenters. The second kappa shape index (κ2) is 18.5. The van der Waals surface area contributed by atoms with Crippen LogP contribution in [0, 0.1) is 0 Å². The van der Waals surface area contributed by atoms with Gasteiger partial charge < -0.3 is 9.47 Å². The van der Waals surface area contributed by atoms with Crippen molar-refractivity contribution in [3.05, 3.63) is 0 Å². The number of hydrogen-bond donors (Lipinski definition) is 0. The fourth-order valence-corrected chi connectivity index (χ4v) is 4.27. The molecule has 1 rings (SSSR count). The lowest BCUT2D eigenvalue weighted by molar-refractivity contribution is -0.148. The Morgan fingerprint density at radius 2 is 1.23 bits per heavy atom. The van der Waals surface area contributed by atoms with E-state index in [0.29, 0.717) is 19.6 Å². The molecular formula is C25H47NO4. The first-order valence-electron chi connectivity index (χ1n) is 12.7. The summed E-state index contributed by atoms with van der Waals surface area (Å²) in [5.74, 6) is -0.279. The van der Waals surface area contributed by atoms with Crippen LogP contribution in [-0.4, -0.2) is 43.3 Å². The molecule has 0 aliphatic carbocycles. The summed E-state index contributed by atoms with van der Waals surface area (Å²) in [6, 6.07) is -0.460. The van der Waals surface area contributed by atoms with Gasteiger partial charge in [0.25, 0.3) is 0 Å². The molecule has 0 saturated carbocycles. The molecule has 0 aromatic heterocycles. The number of amides is 1.